The highest BCUT2D eigenvalue weighted by Gasteiger charge is 2.16. The second kappa shape index (κ2) is 8.16. The molecule has 0 unspecified atom stereocenters. The molecule has 6 nitrogen and oxygen atoms in total. The van der Waals surface area contributed by atoms with Crippen LogP contribution in [0.1, 0.15) is 31.7 Å². The van der Waals surface area contributed by atoms with E-state index in [0.717, 1.165) is 12.1 Å². The van der Waals surface area contributed by atoms with Crippen LogP contribution in [0.2, 0.25) is 0 Å². The molecule has 6 heteroatoms. The first-order valence-electron chi connectivity index (χ1n) is 6.57. The summed E-state index contributed by atoms with van der Waals surface area (Å²) in [6, 6.07) is 0.433. The van der Waals surface area contributed by atoms with E-state index in [-0.39, 0.29) is 6.42 Å². The first-order chi connectivity index (χ1) is 9.06. The van der Waals surface area contributed by atoms with Crippen LogP contribution >= 0.6 is 0 Å². The van der Waals surface area contributed by atoms with Gasteiger partial charge in [-0.1, -0.05) is 6.92 Å². The van der Waals surface area contributed by atoms with Gasteiger partial charge in [0.25, 0.3) is 0 Å². The summed E-state index contributed by atoms with van der Waals surface area (Å²) in [7, 11) is 0. The Morgan fingerprint density at radius 2 is 1.79 bits per heavy atom. The third-order valence-corrected chi connectivity index (χ3v) is 3.05. The van der Waals surface area contributed by atoms with Crippen LogP contribution in [-0.4, -0.2) is 50.1 Å². The third-order valence-electron chi connectivity index (χ3n) is 3.05. The van der Waals surface area contributed by atoms with Crippen LogP contribution in [0.15, 0.2) is 12.4 Å². The van der Waals surface area contributed by atoms with Crippen LogP contribution in [0.3, 0.4) is 0 Å². The molecule has 19 heavy (non-hydrogen) atoms. The normalized spacial score (nSPS) is 16.1. The number of rotatable bonds is 8. The van der Waals surface area contributed by atoms with Gasteiger partial charge in [-0.15, -0.1) is 0 Å². The summed E-state index contributed by atoms with van der Waals surface area (Å²) in [4.78, 5) is 8.43. The molecular formula is C13H23N3O3. The highest BCUT2D eigenvalue weighted by molar-refractivity contribution is 5.04. The van der Waals surface area contributed by atoms with E-state index in [0.29, 0.717) is 18.3 Å². The van der Waals surface area contributed by atoms with Crippen molar-refractivity contribution in [3.05, 3.63) is 23.8 Å². The predicted octanol–water partition coefficient (Wildman–Crippen LogP) is -0.379. The molecule has 3 atom stereocenters. The van der Waals surface area contributed by atoms with Crippen LogP contribution in [0.25, 0.3) is 0 Å². The molecule has 0 amide bonds. The van der Waals surface area contributed by atoms with Gasteiger partial charge in [0.15, 0.2) is 0 Å². The topological polar surface area (TPSA) is 98.5 Å². The molecule has 4 N–H and O–H groups in total. The SMILES string of the molecule is CC[C@H](C)NCc1cnc(C[C@H](O)[C@H](O)CO)cn1. The number of hydrogen-bond donors (Lipinski definition) is 4. The van der Waals surface area contributed by atoms with Crippen LogP contribution in [0, 0.1) is 0 Å². The maximum Gasteiger partial charge on any atom is 0.103 e. The van der Waals surface area contributed by atoms with Crippen molar-refractivity contribution in [2.75, 3.05) is 6.61 Å². The summed E-state index contributed by atoms with van der Waals surface area (Å²) >= 11 is 0. The Labute approximate surface area is 113 Å². The minimum atomic E-state index is -1.14. The summed E-state index contributed by atoms with van der Waals surface area (Å²) in [6.07, 6.45) is 2.30. The molecule has 1 heterocycles. The zero-order valence-corrected chi connectivity index (χ0v) is 11.5. The van der Waals surface area contributed by atoms with E-state index >= 15 is 0 Å². The van der Waals surface area contributed by atoms with Crippen LogP contribution in [0.5, 0.6) is 0 Å². The van der Waals surface area contributed by atoms with Gasteiger partial charge >= 0.3 is 0 Å². The molecule has 0 saturated heterocycles. The summed E-state index contributed by atoms with van der Waals surface area (Å²) in [5, 5.41) is 30.8. The predicted molar refractivity (Wildman–Crippen MR) is 71.4 cm³/mol. The van der Waals surface area contributed by atoms with Crippen molar-refractivity contribution in [3.8, 4) is 0 Å². The van der Waals surface area contributed by atoms with Crippen molar-refractivity contribution >= 4 is 0 Å². The molecular weight excluding hydrogens is 246 g/mol. The first kappa shape index (κ1) is 16.0. The Morgan fingerprint density at radius 3 is 2.32 bits per heavy atom. The Bertz CT molecular complexity index is 359. The minimum Gasteiger partial charge on any atom is -0.394 e. The number of aromatic nitrogens is 2. The first-order valence-corrected chi connectivity index (χ1v) is 6.57. The summed E-state index contributed by atoms with van der Waals surface area (Å²) in [5.74, 6) is 0. The molecule has 0 aliphatic rings. The van der Waals surface area contributed by atoms with E-state index in [1.54, 1.807) is 12.4 Å². The van der Waals surface area contributed by atoms with Crippen molar-refractivity contribution in [2.24, 2.45) is 0 Å². The van der Waals surface area contributed by atoms with Gasteiger partial charge in [0.2, 0.25) is 0 Å². The Morgan fingerprint density at radius 1 is 1.16 bits per heavy atom. The van der Waals surface area contributed by atoms with E-state index in [2.05, 4.69) is 29.1 Å². The molecule has 0 spiro atoms. The second-order valence-electron chi connectivity index (χ2n) is 4.71. The van der Waals surface area contributed by atoms with Gasteiger partial charge in [0.05, 0.1) is 30.3 Å². The van der Waals surface area contributed by atoms with Crippen LogP contribution in [-0.2, 0) is 13.0 Å². The number of hydrogen-bond acceptors (Lipinski definition) is 6. The molecule has 0 saturated carbocycles. The van der Waals surface area contributed by atoms with Crippen LogP contribution < -0.4 is 5.32 Å². The van der Waals surface area contributed by atoms with E-state index in [9.17, 15) is 10.2 Å². The number of aliphatic hydroxyl groups excluding tert-OH is 3. The van der Waals surface area contributed by atoms with Gasteiger partial charge in [-0.25, -0.2) is 0 Å². The van der Waals surface area contributed by atoms with Crippen molar-refractivity contribution < 1.29 is 15.3 Å². The molecule has 1 aromatic rings. The second-order valence-corrected chi connectivity index (χ2v) is 4.71. The monoisotopic (exact) mass is 269 g/mol. The summed E-state index contributed by atoms with van der Waals surface area (Å²) in [5.41, 5.74) is 1.42. The smallest absolute Gasteiger partial charge is 0.103 e. The minimum absolute atomic E-state index is 0.174. The molecule has 0 aliphatic carbocycles. The lowest BCUT2D eigenvalue weighted by molar-refractivity contribution is -0.0137. The molecule has 0 bridgehead atoms. The molecule has 0 fully saturated rings. The Hall–Kier alpha value is -1.08. The molecule has 108 valence electrons. The lowest BCUT2D eigenvalue weighted by Crippen LogP contribution is -2.31. The molecule has 1 aromatic heterocycles. The van der Waals surface area contributed by atoms with Gasteiger partial charge in [0, 0.05) is 25.2 Å². The standard InChI is InChI=1S/C13H23N3O3/c1-3-9(2)14-6-11-7-15-10(5-16-11)4-12(18)13(19)8-17/h5,7,9,12-14,17-19H,3-4,6,8H2,1-2H3/t9-,12-,13+/m0/s1. The van der Waals surface area contributed by atoms with Gasteiger partial charge < -0.3 is 20.6 Å². The van der Waals surface area contributed by atoms with Gasteiger partial charge in [-0.2, -0.15) is 0 Å². The lowest BCUT2D eigenvalue weighted by atomic mass is 10.1. The fourth-order valence-electron chi connectivity index (χ4n) is 1.47. The fourth-order valence-corrected chi connectivity index (χ4v) is 1.47. The quantitative estimate of drug-likeness (QED) is 0.513. The Kier molecular flexibility index (Phi) is 6.86. The summed E-state index contributed by atoms with van der Waals surface area (Å²) in [6.45, 7) is 4.41. The lowest BCUT2D eigenvalue weighted by Gasteiger charge is -2.15. The van der Waals surface area contributed by atoms with Crippen molar-refractivity contribution in [2.45, 2.75) is 51.5 Å². The highest BCUT2D eigenvalue weighted by Crippen LogP contribution is 2.03. The molecule has 0 aliphatic heterocycles. The van der Waals surface area contributed by atoms with Crippen molar-refractivity contribution in [1.29, 1.82) is 0 Å². The van der Waals surface area contributed by atoms with Gasteiger partial charge in [0.1, 0.15) is 6.10 Å². The molecule has 1 rings (SSSR count). The largest absolute Gasteiger partial charge is 0.394 e. The maximum absolute atomic E-state index is 9.56. The average Bonchev–Trinajstić information content (AvgIpc) is 2.45. The number of nitrogens with one attached hydrogen (secondary N) is 1. The Balaban J connectivity index is 2.47. The zero-order chi connectivity index (χ0) is 14.3. The summed E-state index contributed by atoms with van der Waals surface area (Å²) < 4.78 is 0. The van der Waals surface area contributed by atoms with Gasteiger partial charge in [-0.05, 0) is 13.3 Å². The van der Waals surface area contributed by atoms with Crippen molar-refractivity contribution in [3.63, 3.8) is 0 Å². The average molecular weight is 269 g/mol. The van der Waals surface area contributed by atoms with Gasteiger partial charge in [-0.3, -0.25) is 9.97 Å². The highest BCUT2D eigenvalue weighted by atomic mass is 16.4. The number of aliphatic hydroxyl groups is 3. The van der Waals surface area contributed by atoms with Crippen molar-refractivity contribution in [1.82, 2.24) is 15.3 Å². The van der Waals surface area contributed by atoms with Crippen LogP contribution in [0.4, 0.5) is 0 Å². The van der Waals surface area contributed by atoms with E-state index < -0.39 is 18.8 Å². The third kappa shape index (κ3) is 5.61. The zero-order valence-electron chi connectivity index (χ0n) is 11.5. The van der Waals surface area contributed by atoms with E-state index in [4.69, 9.17) is 5.11 Å². The maximum atomic E-state index is 9.56. The number of nitrogens with zero attached hydrogens (tertiary/aromatic N) is 2. The molecule has 0 aromatic carbocycles. The van der Waals surface area contributed by atoms with E-state index in [1.807, 2.05) is 0 Å². The fraction of sp³-hybridized carbons (Fsp3) is 0.692. The van der Waals surface area contributed by atoms with E-state index in [1.165, 1.54) is 0 Å². The molecule has 0 radical (unpaired) electrons.